The maximum atomic E-state index is 12.2. The first kappa shape index (κ1) is 15.4. The Balaban J connectivity index is 2.47. The number of hydrogen-bond acceptors (Lipinski definition) is 3. The summed E-state index contributed by atoms with van der Waals surface area (Å²) in [7, 11) is 0. The van der Waals surface area contributed by atoms with Gasteiger partial charge in [-0.1, -0.05) is 13.8 Å². The summed E-state index contributed by atoms with van der Waals surface area (Å²) in [6.07, 6.45) is 4.12. The number of aliphatic hydroxyl groups excluding tert-OH is 1. The number of nitrogens with zero attached hydrogens (tertiary/aromatic N) is 1. The van der Waals surface area contributed by atoms with Crippen molar-refractivity contribution in [1.82, 2.24) is 10.2 Å². The van der Waals surface area contributed by atoms with Crippen LogP contribution in [0.2, 0.25) is 0 Å². The molecule has 106 valence electrons. The summed E-state index contributed by atoms with van der Waals surface area (Å²) in [4.78, 5) is 14.3. The summed E-state index contributed by atoms with van der Waals surface area (Å²) in [5.74, 6) is 0.462. The zero-order valence-electron chi connectivity index (χ0n) is 12.0. The molecule has 1 fully saturated rings. The normalized spacial score (nSPS) is 23.1. The molecule has 1 aliphatic rings. The first-order chi connectivity index (χ1) is 8.62. The highest BCUT2D eigenvalue weighted by atomic mass is 16.3. The lowest BCUT2D eigenvalue weighted by Crippen LogP contribution is -2.51. The minimum Gasteiger partial charge on any atom is -0.396 e. The van der Waals surface area contributed by atoms with E-state index in [2.05, 4.69) is 24.1 Å². The number of aliphatic hydroxyl groups is 1. The maximum Gasteiger partial charge on any atom is 0.237 e. The lowest BCUT2D eigenvalue weighted by Gasteiger charge is -2.35. The van der Waals surface area contributed by atoms with Crippen LogP contribution in [0.3, 0.4) is 0 Å². The first-order valence-corrected chi connectivity index (χ1v) is 7.27. The van der Waals surface area contributed by atoms with Crippen molar-refractivity contribution in [1.29, 1.82) is 0 Å². The number of piperidine rings is 1. The molecule has 0 aromatic heterocycles. The number of likely N-dealkylation sites (tertiary alicyclic amines) is 1. The van der Waals surface area contributed by atoms with E-state index in [0.717, 1.165) is 38.8 Å². The van der Waals surface area contributed by atoms with Gasteiger partial charge in [0.15, 0.2) is 0 Å². The molecule has 0 saturated carbocycles. The average molecular weight is 256 g/mol. The zero-order valence-corrected chi connectivity index (χ0v) is 12.0. The van der Waals surface area contributed by atoms with Crippen molar-refractivity contribution in [3.8, 4) is 0 Å². The van der Waals surface area contributed by atoms with Gasteiger partial charge in [-0.25, -0.2) is 0 Å². The minimum absolute atomic E-state index is 0.0834. The van der Waals surface area contributed by atoms with Crippen LogP contribution in [0, 0.1) is 5.92 Å². The molecule has 0 aliphatic carbocycles. The number of carbonyl (C=O) groups is 1. The van der Waals surface area contributed by atoms with Gasteiger partial charge in [0.25, 0.3) is 0 Å². The predicted molar refractivity (Wildman–Crippen MR) is 73.4 cm³/mol. The molecular formula is C14H28N2O2. The minimum atomic E-state index is -0.0834. The van der Waals surface area contributed by atoms with Gasteiger partial charge in [-0.3, -0.25) is 9.69 Å². The van der Waals surface area contributed by atoms with Gasteiger partial charge in [-0.05, 0) is 45.1 Å². The van der Waals surface area contributed by atoms with Crippen molar-refractivity contribution in [3.05, 3.63) is 0 Å². The van der Waals surface area contributed by atoms with Gasteiger partial charge >= 0.3 is 0 Å². The fourth-order valence-electron chi connectivity index (χ4n) is 2.58. The average Bonchev–Trinajstić information content (AvgIpc) is 2.43. The van der Waals surface area contributed by atoms with Crippen LogP contribution in [0.25, 0.3) is 0 Å². The van der Waals surface area contributed by atoms with E-state index >= 15 is 0 Å². The van der Waals surface area contributed by atoms with Gasteiger partial charge in [0, 0.05) is 19.2 Å². The molecule has 1 amide bonds. The highest BCUT2D eigenvalue weighted by Crippen LogP contribution is 2.18. The van der Waals surface area contributed by atoms with Crippen LogP contribution in [0.4, 0.5) is 0 Å². The number of nitrogens with one attached hydrogen (secondary N) is 1. The summed E-state index contributed by atoms with van der Waals surface area (Å²) < 4.78 is 0. The monoisotopic (exact) mass is 256 g/mol. The summed E-state index contributed by atoms with van der Waals surface area (Å²) in [6.45, 7) is 8.21. The Kier molecular flexibility index (Phi) is 6.65. The molecule has 0 aromatic carbocycles. The molecule has 18 heavy (non-hydrogen) atoms. The number of hydrogen-bond donors (Lipinski definition) is 2. The SMILES string of the molecule is CCC(CC)NC(=O)C(C)N1CCCC(CO)C1. The standard InChI is InChI=1S/C14H28N2O2/c1-4-13(5-2)15-14(18)11(3)16-8-6-7-12(9-16)10-17/h11-13,17H,4-10H2,1-3H3,(H,15,18). The Morgan fingerprint density at radius 3 is 2.67 bits per heavy atom. The molecule has 0 spiro atoms. The molecule has 1 rings (SSSR count). The van der Waals surface area contributed by atoms with Crippen molar-refractivity contribution in [3.63, 3.8) is 0 Å². The van der Waals surface area contributed by atoms with Crippen molar-refractivity contribution in [2.45, 2.75) is 58.5 Å². The summed E-state index contributed by atoms with van der Waals surface area (Å²) in [6, 6.07) is 0.207. The topological polar surface area (TPSA) is 52.6 Å². The number of rotatable bonds is 6. The van der Waals surface area contributed by atoms with E-state index in [9.17, 15) is 9.90 Å². The lowest BCUT2D eigenvalue weighted by atomic mass is 9.97. The molecule has 1 aliphatic heterocycles. The highest BCUT2D eigenvalue weighted by molar-refractivity contribution is 5.81. The first-order valence-electron chi connectivity index (χ1n) is 7.27. The van der Waals surface area contributed by atoms with E-state index in [1.165, 1.54) is 0 Å². The van der Waals surface area contributed by atoms with Gasteiger partial charge in [0.2, 0.25) is 5.91 Å². The van der Waals surface area contributed by atoms with Crippen molar-refractivity contribution in [2.75, 3.05) is 19.7 Å². The van der Waals surface area contributed by atoms with Crippen LogP contribution in [0.1, 0.15) is 46.5 Å². The molecule has 1 saturated heterocycles. The quantitative estimate of drug-likeness (QED) is 0.755. The van der Waals surface area contributed by atoms with Crippen molar-refractivity contribution in [2.24, 2.45) is 5.92 Å². The van der Waals surface area contributed by atoms with E-state index in [0.29, 0.717) is 12.0 Å². The van der Waals surface area contributed by atoms with E-state index in [1.54, 1.807) is 0 Å². The third kappa shape index (κ3) is 4.25. The molecular weight excluding hydrogens is 228 g/mol. The van der Waals surface area contributed by atoms with Crippen molar-refractivity contribution < 1.29 is 9.90 Å². The molecule has 1 heterocycles. The highest BCUT2D eigenvalue weighted by Gasteiger charge is 2.27. The van der Waals surface area contributed by atoms with Crippen LogP contribution in [0.15, 0.2) is 0 Å². The maximum absolute atomic E-state index is 12.2. The van der Waals surface area contributed by atoms with Gasteiger partial charge in [0.05, 0.1) is 6.04 Å². The van der Waals surface area contributed by atoms with E-state index in [4.69, 9.17) is 0 Å². The number of carbonyl (C=O) groups excluding carboxylic acids is 1. The molecule has 2 N–H and O–H groups in total. The third-order valence-electron chi connectivity index (χ3n) is 4.07. The molecule has 2 atom stereocenters. The Morgan fingerprint density at radius 1 is 1.44 bits per heavy atom. The van der Waals surface area contributed by atoms with Gasteiger partial charge in [-0.15, -0.1) is 0 Å². The van der Waals surface area contributed by atoms with E-state index in [1.807, 2.05) is 6.92 Å². The molecule has 0 radical (unpaired) electrons. The Bertz CT molecular complexity index is 254. The number of amides is 1. The second-order valence-electron chi connectivity index (χ2n) is 5.38. The third-order valence-corrected chi connectivity index (χ3v) is 4.07. The summed E-state index contributed by atoms with van der Waals surface area (Å²) in [5.41, 5.74) is 0. The molecule has 0 bridgehead atoms. The molecule has 4 heteroatoms. The Morgan fingerprint density at radius 2 is 2.11 bits per heavy atom. The largest absolute Gasteiger partial charge is 0.396 e. The fourth-order valence-corrected chi connectivity index (χ4v) is 2.58. The van der Waals surface area contributed by atoms with Crippen LogP contribution >= 0.6 is 0 Å². The van der Waals surface area contributed by atoms with Gasteiger partial charge in [-0.2, -0.15) is 0 Å². The van der Waals surface area contributed by atoms with Crippen molar-refractivity contribution >= 4 is 5.91 Å². The second-order valence-corrected chi connectivity index (χ2v) is 5.38. The van der Waals surface area contributed by atoms with E-state index in [-0.39, 0.29) is 18.6 Å². The predicted octanol–water partition coefficient (Wildman–Crippen LogP) is 1.38. The van der Waals surface area contributed by atoms with Crippen LogP contribution in [-0.2, 0) is 4.79 Å². The van der Waals surface area contributed by atoms with Crippen LogP contribution in [0.5, 0.6) is 0 Å². The second kappa shape index (κ2) is 7.74. The Hall–Kier alpha value is -0.610. The summed E-state index contributed by atoms with van der Waals surface area (Å²) >= 11 is 0. The zero-order chi connectivity index (χ0) is 13.5. The fraction of sp³-hybridized carbons (Fsp3) is 0.929. The summed E-state index contributed by atoms with van der Waals surface area (Å²) in [5, 5.41) is 12.3. The van der Waals surface area contributed by atoms with Gasteiger partial charge in [0.1, 0.15) is 0 Å². The van der Waals surface area contributed by atoms with Crippen LogP contribution in [-0.4, -0.2) is 47.7 Å². The lowest BCUT2D eigenvalue weighted by molar-refractivity contribution is -0.127. The van der Waals surface area contributed by atoms with Crippen LogP contribution < -0.4 is 5.32 Å². The van der Waals surface area contributed by atoms with E-state index < -0.39 is 0 Å². The molecule has 2 unspecified atom stereocenters. The molecule has 4 nitrogen and oxygen atoms in total. The Labute approximate surface area is 111 Å². The van der Waals surface area contributed by atoms with Gasteiger partial charge < -0.3 is 10.4 Å². The smallest absolute Gasteiger partial charge is 0.237 e. The molecule has 0 aromatic rings.